The van der Waals surface area contributed by atoms with Crippen LogP contribution >= 0.6 is 0 Å². The lowest BCUT2D eigenvalue weighted by molar-refractivity contribution is -0.162. The molecular weight excluding hydrogens is 396 g/mol. The fourth-order valence-electron chi connectivity index (χ4n) is 3.31. The first-order chi connectivity index (χ1) is 14.4. The lowest BCUT2D eigenvalue weighted by Gasteiger charge is -2.32. The fraction of sp³-hybridized carbons (Fsp3) is 0.520. The highest BCUT2D eigenvalue weighted by molar-refractivity contribution is 5.98. The Hall–Kier alpha value is -2.60. The standard InChI is InChI=1S/C25H36O6/c1-17(2)8-7-15-25(5,30)24(31-19(4)26)14-11-18(3)9-6-10-22(28)21-13-12-20(27)16-23(21)29/h8-9,12-13,16,24,27,29-30H,6-7,10-11,14-15H2,1-5H3/b18-9+/t24-,25-/m0/s1. The molecule has 0 saturated heterocycles. The van der Waals surface area contributed by atoms with E-state index in [1.54, 1.807) is 6.92 Å². The van der Waals surface area contributed by atoms with Crippen molar-refractivity contribution >= 4 is 11.8 Å². The van der Waals surface area contributed by atoms with Gasteiger partial charge in [0.15, 0.2) is 5.78 Å². The van der Waals surface area contributed by atoms with Gasteiger partial charge in [0, 0.05) is 19.4 Å². The Morgan fingerprint density at radius 2 is 1.74 bits per heavy atom. The van der Waals surface area contributed by atoms with Gasteiger partial charge in [-0.2, -0.15) is 0 Å². The molecule has 1 aromatic carbocycles. The van der Waals surface area contributed by atoms with Crippen LogP contribution in [0.1, 0.15) is 83.5 Å². The first kappa shape index (κ1) is 26.4. The number of aliphatic hydroxyl groups is 1. The highest BCUT2D eigenvalue weighted by Gasteiger charge is 2.33. The van der Waals surface area contributed by atoms with E-state index in [-0.39, 0.29) is 29.3 Å². The molecule has 0 aliphatic rings. The number of ketones is 1. The highest BCUT2D eigenvalue weighted by Crippen LogP contribution is 2.27. The largest absolute Gasteiger partial charge is 0.508 e. The van der Waals surface area contributed by atoms with E-state index in [4.69, 9.17) is 4.74 Å². The van der Waals surface area contributed by atoms with Crippen LogP contribution in [0.5, 0.6) is 11.5 Å². The number of hydrogen-bond donors (Lipinski definition) is 3. The average Bonchev–Trinajstić information content (AvgIpc) is 2.64. The number of rotatable bonds is 12. The molecule has 0 aliphatic carbocycles. The van der Waals surface area contributed by atoms with Crippen LogP contribution in [0, 0.1) is 0 Å². The number of phenols is 2. The topological polar surface area (TPSA) is 104 Å². The van der Waals surface area contributed by atoms with E-state index < -0.39 is 17.7 Å². The quantitative estimate of drug-likeness (QED) is 0.238. The van der Waals surface area contributed by atoms with Crippen molar-refractivity contribution in [2.24, 2.45) is 0 Å². The van der Waals surface area contributed by atoms with Crippen LogP contribution in [0.2, 0.25) is 0 Å². The first-order valence-electron chi connectivity index (χ1n) is 10.7. The fourth-order valence-corrected chi connectivity index (χ4v) is 3.31. The van der Waals surface area contributed by atoms with Gasteiger partial charge in [-0.1, -0.05) is 23.3 Å². The van der Waals surface area contributed by atoms with Gasteiger partial charge in [0.1, 0.15) is 17.6 Å². The molecule has 31 heavy (non-hydrogen) atoms. The maximum Gasteiger partial charge on any atom is 0.303 e. The summed E-state index contributed by atoms with van der Waals surface area (Å²) >= 11 is 0. The molecular formula is C25H36O6. The Morgan fingerprint density at radius 1 is 1.06 bits per heavy atom. The van der Waals surface area contributed by atoms with Crippen LogP contribution in [0.15, 0.2) is 41.5 Å². The van der Waals surface area contributed by atoms with E-state index in [2.05, 4.69) is 0 Å². The molecule has 0 unspecified atom stereocenters. The van der Waals surface area contributed by atoms with Crippen molar-refractivity contribution in [2.45, 2.75) is 84.8 Å². The number of benzene rings is 1. The first-order valence-corrected chi connectivity index (χ1v) is 10.7. The molecule has 1 rings (SSSR count). The van der Waals surface area contributed by atoms with E-state index in [0.29, 0.717) is 32.1 Å². The van der Waals surface area contributed by atoms with Gasteiger partial charge in [0.25, 0.3) is 0 Å². The molecule has 0 amide bonds. The summed E-state index contributed by atoms with van der Waals surface area (Å²) in [5.41, 5.74) is 1.25. The lowest BCUT2D eigenvalue weighted by atomic mass is 9.89. The molecule has 6 nitrogen and oxygen atoms in total. The van der Waals surface area contributed by atoms with Crippen molar-refractivity contribution in [3.05, 3.63) is 47.1 Å². The van der Waals surface area contributed by atoms with Crippen molar-refractivity contribution in [3.63, 3.8) is 0 Å². The molecule has 6 heteroatoms. The predicted molar refractivity (Wildman–Crippen MR) is 121 cm³/mol. The minimum atomic E-state index is -1.13. The van der Waals surface area contributed by atoms with Crippen LogP contribution < -0.4 is 0 Å². The molecule has 0 fully saturated rings. The average molecular weight is 433 g/mol. The second-order valence-electron chi connectivity index (χ2n) is 8.53. The number of carbonyl (C=O) groups excluding carboxylic acids is 2. The Balaban J connectivity index is 2.64. The Kier molecular flexibility index (Phi) is 10.5. The monoisotopic (exact) mass is 432 g/mol. The number of carbonyl (C=O) groups is 2. The summed E-state index contributed by atoms with van der Waals surface area (Å²) in [6.07, 6.45) is 6.40. The molecule has 0 spiro atoms. The number of Topliss-reactive ketones (excluding diaryl/α,β-unsaturated/α-hetero) is 1. The number of aromatic hydroxyl groups is 2. The summed E-state index contributed by atoms with van der Waals surface area (Å²) in [5.74, 6) is -0.955. The molecule has 2 atom stereocenters. The second-order valence-corrected chi connectivity index (χ2v) is 8.53. The molecule has 172 valence electrons. The Labute approximate surface area is 185 Å². The molecule has 0 aromatic heterocycles. The summed E-state index contributed by atoms with van der Waals surface area (Å²) in [4.78, 5) is 23.8. The van der Waals surface area contributed by atoms with E-state index in [9.17, 15) is 24.9 Å². The maximum absolute atomic E-state index is 12.3. The third-order valence-electron chi connectivity index (χ3n) is 5.15. The molecule has 0 aliphatic heterocycles. The lowest BCUT2D eigenvalue weighted by Crippen LogP contribution is -2.42. The van der Waals surface area contributed by atoms with Gasteiger partial charge in [-0.3, -0.25) is 9.59 Å². The third-order valence-corrected chi connectivity index (χ3v) is 5.15. The maximum atomic E-state index is 12.3. The Bertz CT molecular complexity index is 815. The van der Waals surface area contributed by atoms with Gasteiger partial charge < -0.3 is 20.1 Å². The van der Waals surface area contributed by atoms with Crippen molar-refractivity contribution in [3.8, 4) is 11.5 Å². The number of phenolic OH excluding ortho intramolecular Hbond substituents is 2. The Morgan fingerprint density at radius 3 is 2.32 bits per heavy atom. The summed E-state index contributed by atoms with van der Waals surface area (Å²) < 4.78 is 5.41. The molecule has 0 saturated carbocycles. The number of ether oxygens (including phenoxy) is 1. The van der Waals surface area contributed by atoms with Crippen molar-refractivity contribution in [1.82, 2.24) is 0 Å². The number of esters is 1. The van der Waals surface area contributed by atoms with Crippen LogP contribution in [0.4, 0.5) is 0 Å². The summed E-state index contributed by atoms with van der Waals surface area (Å²) in [6.45, 7) is 8.97. The SMILES string of the molecule is CC(=O)O[C@@H](CC/C(C)=C/CCC(=O)c1ccc(O)cc1O)[C@@](C)(O)CCC=C(C)C. The number of allylic oxidation sites excluding steroid dienone is 4. The van der Waals surface area contributed by atoms with Gasteiger partial charge >= 0.3 is 5.97 Å². The van der Waals surface area contributed by atoms with E-state index in [0.717, 1.165) is 11.6 Å². The van der Waals surface area contributed by atoms with E-state index >= 15 is 0 Å². The van der Waals surface area contributed by atoms with Crippen LogP contribution in [-0.2, 0) is 9.53 Å². The normalized spacial score (nSPS) is 14.5. The van der Waals surface area contributed by atoms with E-state index in [1.807, 2.05) is 32.9 Å². The third kappa shape index (κ3) is 9.83. The molecule has 0 heterocycles. The smallest absolute Gasteiger partial charge is 0.303 e. The van der Waals surface area contributed by atoms with Gasteiger partial charge in [0.2, 0.25) is 0 Å². The highest BCUT2D eigenvalue weighted by atomic mass is 16.6. The van der Waals surface area contributed by atoms with Crippen LogP contribution in [0.3, 0.4) is 0 Å². The summed E-state index contributed by atoms with van der Waals surface area (Å²) in [5, 5.41) is 30.0. The van der Waals surface area contributed by atoms with Crippen LogP contribution in [-0.4, -0.2) is 38.8 Å². The van der Waals surface area contributed by atoms with Crippen molar-refractivity contribution < 1.29 is 29.6 Å². The molecule has 1 aromatic rings. The van der Waals surface area contributed by atoms with Gasteiger partial charge in [-0.25, -0.2) is 0 Å². The van der Waals surface area contributed by atoms with Crippen molar-refractivity contribution in [2.75, 3.05) is 0 Å². The van der Waals surface area contributed by atoms with Gasteiger partial charge in [0.05, 0.1) is 11.2 Å². The minimum Gasteiger partial charge on any atom is -0.508 e. The minimum absolute atomic E-state index is 0.0936. The van der Waals surface area contributed by atoms with Crippen LogP contribution in [0.25, 0.3) is 0 Å². The van der Waals surface area contributed by atoms with Gasteiger partial charge in [-0.15, -0.1) is 0 Å². The summed E-state index contributed by atoms with van der Waals surface area (Å²) in [7, 11) is 0. The zero-order valence-electron chi connectivity index (χ0n) is 19.3. The van der Waals surface area contributed by atoms with E-state index in [1.165, 1.54) is 24.6 Å². The molecule has 3 N–H and O–H groups in total. The molecule has 0 radical (unpaired) electrons. The van der Waals surface area contributed by atoms with Crippen molar-refractivity contribution in [1.29, 1.82) is 0 Å². The van der Waals surface area contributed by atoms with Gasteiger partial charge in [-0.05, 0) is 71.9 Å². The summed E-state index contributed by atoms with van der Waals surface area (Å²) in [6, 6.07) is 3.92. The number of hydrogen-bond acceptors (Lipinski definition) is 6. The second kappa shape index (κ2) is 12.3. The molecule has 0 bridgehead atoms. The zero-order chi connectivity index (χ0) is 23.6. The predicted octanol–water partition coefficient (Wildman–Crippen LogP) is 5.22. The zero-order valence-corrected chi connectivity index (χ0v) is 19.3.